The summed E-state index contributed by atoms with van der Waals surface area (Å²) < 4.78 is 13.0. The van der Waals surface area contributed by atoms with E-state index in [9.17, 15) is 9.50 Å². The van der Waals surface area contributed by atoms with Gasteiger partial charge in [-0.2, -0.15) is 0 Å². The van der Waals surface area contributed by atoms with E-state index in [-0.39, 0.29) is 5.82 Å². The van der Waals surface area contributed by atoms with E-state index in [4.69, 9.17) is 23.2 Å². The topological polar surface area (TPSA) is 20.2 Å². The van der Waals surface area contributed by atoms with E-state index >= 15 is 0 Å². The van der Waals surface area contributed by atoms with Crippen LogP contribution in [-0.4, -0.2) is 5.11 Å². The predicted octanol–water partition coefficient (Wildman–Crippen LogP) is 4.52. The summed E-state index contributed by atoms with van der Waals surface area (Å²) in [5.74, 6) is -0.333. The maximum atomic E-state index is 13.0. The van der Waals surface area contributed by atoms with Crippen molar-refractivity contribution in [3.8, 4) is 0 Å². The first-order chi connectivity index (χ1) is 8.49. The number of halogens is 3. The van der Waals surface area contributed by atoms with Gasteiger partial charge in [-0.05, 0) is 48.4 Å². The SMILES string of the molecule is Cc1cc(F)ccc1C(O)c1cc(Cl)ccc1Cl. The van der Waals surface area contributed by atoms with Gasteiger partial charge < -0.3 is 5.11 Å². The van der Waals surface area contributed by atoms with Crippen LogP contribution in [0.1, 0.15) is 22.8 Å². The Morgan fingerprint density at radius 1 is 1.06 bits per heavy atom. The molecule has 0 aromatic heterocycles. The summed E-state index contributed by atoms with van der Waals surface area (Å²) >= 11 is 11.9. The van der Waals surface area contributed by atoms with Gasteiger partial charge in [-0.15, -0.1) is 0 Å². The number of hydrogen-bond acceptors (Lipinski definition) is 1. The Morgan fingerprint density at radius 3 is 2.44 bits per heavy atom. The second-order valence-corrected chi connectivity index (χ2v) is 4.91. The molecular formula is C14H11Cl2FO. The average Bonchev–Trinajstić information content (AvgIpc) is 2.31. The highest BCUT2D eigenvalue weighted by molar-refractivity contribution is 6.33. The fourth-order valence-electron chi connectivity index (χ4n) is 1.84. The summed E-state index contributed by atoms with van der Waals surface area (Å²) in [7, 11) is 0. The number of aliphatic hydroxyl groups is 1. The summed E-state index contributed by atoms with van der Waals surface area (Å²) in [5, 5.41) is 11.2. The van der Waals surface area contributed by atoms with Crippen LogP contribution >= 0.6 is 23.2 Å². The molecule has 1 unspecified atom stereocenters. The molecule has 2 aromatic carbocycles. The molecular weight excluding hydrogens is 274 g/mol. The van der Waals surface area contributed by atoms with Gasteiger partial charge in [0.25, 0.3) is 0 Å². The monoisotopic (exact) mass is 284 g/mol. The first-order valence-corrected chi connectivity index (χ1v) is 6.13. The quantitative estimate of drug-likeness (QED) is 0.860. The summed E-state index contributed by atoms with van der Waals surface area (Å²) in [4.78, 5) is 0. The molecule has 0 saturated carbocycles. The number of hydrogen-bond donors (Lipinski definition) is 1. The van der Waals surface area contributed by atoms with Crippen LogP contribution in [0.5, 0.6) is 0 Å². The minimum absolute atomic E-state index is 0.333. The molecule has 0 saturated heterocycles. The third-order valence-electron chi connectivity index (χ3n) is 2.78. The zero-order valence-electron chi connectivity index (χ0n) is 9.62. The van der Waals surface area contributed by atoms with Crippen LogP contribution in [-0.2, 0) is 0 Å². The minimum Gasteiger partial charge on any atom is -0.384 e. The molecule has 0 aliphatic carbocycles. The van der Waals surface area contributed by atoms with Crippen molar-refractivity contribution in [3.05, 3.63) is 69.0 Å². The zero-order valence-corrected chi connectivity index (χ0v) is 11.1. The van der Waals surface area contributed by atoms with Crippen LogP contribution in [0.4, 0.5) is 4.39 Å². The van der Waals surface area contributed by atoms with Gasteiger partial charge in [-0.25, -0.2) is 4.39 Å². The molecule has 2 rings (SSSR count). The third kappa shape index (κ3) is 2.66. The Labute approximate surface area is 115 Å². The number of aryl methyl sites for hydroxylation is 1. The van der Waals surface area contributed by atoms with Crippen LogP contribution in [0.3, 0.4) is 0 Å². The lowest BCUT2D eigenvalue weighted by atomic mass is 9.97. The molecule has 2 aromatic rings. The van der Waals surface area contributed by atoms with Crippen LogP contribution in [0.15, 0.2) is 36.4 Å². The second-order valence-electron chi connectivity index (χ2n) is 4.07. The number of aliphatic hydroxyl groups excluding tert-OH is 1. The lowest BCUT2D eigenvalue weighted by Gasteiger charge is -2.16. The van der Waals surface area contributed by atoms with Crippen molar-refractivity contribution < 1.29 is 9.50 Å². The molecule has 18 heavy (non-hydrogen) atoms. The molecule has 0 fully saturated rings. The highest BCUT2D eigenvalue weighted by Gasteiger charge is 2.16. The van der Waals surface area contributed by atoms with Crippen LogP contribution < -0.4 is 0 Å². The molecule has 94 valence electrons. The van der Waals surface area contributed by atoms with Crippen molar-refractivity contribution in [2.75, 3.05) is 0 Å². The molecule has 1 N–H and O–H groups in total. The van der Waals surface area contributed by atoms with E-state index in [0.29, 0.717) is 26.7 Å². The molecule has 0 heterocycles. The molecule has 1 nitrogen and oxygen atoms in total. The lowest BCUT2D eigenvalue weighted by molar-refractivity contribution is 0.219. The first kappa shape index (κ1) is 13.3. The normalized spacial score (nSPS) is 12.5. The maximum absolute atomic E-state index is 13.0. The van der Waals surface area contributed by atoms with Gasteiger partial charge in [0, 0.05) is 15.6 Å². The van der Waals surface area contributed by atoms with Crippen LogP contribution in [0.2, 0.25) is 10.0 Å². The lowest BCUT2D eigenvalue weighted by Crippen LogP contribution is -2.03. The highest BCUT2D eigenvalue weighted by Crippen LogP contribution is 2.32. The standard InChI is InChI=1S/C14H11Cl2FO/c1-8-6-10(17)3-4-11(8)14(18)12-7-9(15)2-5-13(12)16/h2-7,14,18H,1H3. The van der Waals surface area contributed by atoms with Gasteiger partial charge in [0.05, 0.1) is 0 Å². The van der Waals surface area contributed by atoms with Gasteiger partial charge in [0.1, 0.15) is 11.9 Å². The zero-order chi connectivity index (χ0) is 13.3. The molecule has 0 bridgehead atoms. The predicted molar refractivity (Wildman–Crippen MR) is 71.7 cm³/mol. The average molecular weight is 285 g/mol. The molecule has 1 atom stereocenters. The Hall–Kier alpha value is -1.09. The van der Waals surface area contributed by atoms with Crippen molar-refractivity contribution in [1.29, 1.82) is 0 Å². The highest BCUT2D eigenvalue weighted by atomic mass is 35.5. The molecule has 0 amide bonds. The van der Waals surface area contributed by atoms with Crippen molar-refractivity contribution in [2.24, 2.45) is 0 Å². The van der Waals surface area contributed by atoms with E-state index < -0.39 is 6.10 Å². The Morgan fingerprint density at radius 2 is 1.78 bits per heavy atom. The molecule has 0 radical (unpaired) electrons. The van der Waals surface area contributed by atoms with Gasteiger partial charge in [-0.1, -0.05) is 29.3 Å². The number of benzene rings is 2. The summed E-state index contributed by atoms with van der Waals surface area (Å²) in [6.45, 7) is 1.74. The van der Waals surface area contributed by atoms with E-state index in [1.807, 2.05) is 0 Å². The third-order valence-corrected chi connectivity index (χ3v) is 3.36. The summed E-state index contributed by atoms with van der Waals surface area (Å²) in [5.41, 5.74) is 1.79. The molecule has 0 aliphatic rings. The van der Waals surface area contributed by atoms with Crippen LogP contribution in [0.25, 0.3) is 0 Å². The smallest absolute Gasteiger partial charge is 0.123 e. The first-order valence-electron chi connectivity index (χ1n) is 5.38. The summed E-state index contributed by atoms with van der Waals surface area (Å²) in [6.07, 6.45) is -0.920. The van der Waals surface area contributed by atoms with E-state index in [0.717, 1.165) is 0 Å². The van der Waals surface area contributed by atoms with Gasteiger partial charge in [0.15, 0.2) is 0 Å². The fraction of sp³-hybridized carbons (Fsp3) is 0.143. The Balaban J connectivity index is 2.47. The van der Waals surface area contributed by atoms with Gasteiger partial charge in [0.2, 0.25) is 0 Å². The second kappa shape index (κ2) is 5.27. The van der Waals surface area contributed by atoms with Crippen molar-refractivity contribution >= 4 is 23.2 Å². The van der Waals surface area contributed by atoms with Gasteiger partial charge >= 0.3 is 0 Å². The summed E-state index contributed by atoms with van der Waals surface area (Å²) in [6, 6.07) is 9.11. The molecule has 0 aliphatic heterocycles. The van der Waals surface area contributed by atoms with E-state index in [2.05, 4.69) is 0 Å². The largest absolute Gasteiger partial charge is 0.384 e. The molecule has 0 spiro atoms. The minimum atomic E-state index is -0.920. The van der Waals surface area contributed by atoms with E-state index in [1.165, 1.54) is 12.1 Å². The van der Waals surface area contributed by atoms with Crippen molar-refractivity contribution in [2.45, 2.75) is 13.0 Å². The Kier molecular flexibility index (Phi) is 3.91. The van der Waals surface area contributed by atoms with E-state index in [1.54, 1.807) is 31.2 Å². The number of rotatable bonds is 2. The molecule has 4 heteroatoms. The van der Waals surface area contributed by atoms with Crippen molar-refractivity contribution in [3.63, 3.8) is 0 Å². The Bertz CT molecular complexity index is 584. The fourth-order valence-corrected chi connectivity index (χ4v) is 2.24. The van der Waals surface area contributed by atoms with Crippen LogP contribution in [0, 0.1) is 12.7 Å². The van der Waals surface area contributed by atoms with Gasteiger partial charge in [-0.3, -0.25) is 0 Å². The van der Waals surface area contributed by atoms with Crippen molar-refractivity contribution in [1.82, 2.24) is 0 Å². The maximum Gasteiger partial charge on any atom is 0.123 e.